The van der Waals surface area contributed by atoms with E-state index in [-0.39, 0.29) is 0 Å². The lowest BCUT2D eigenvalue weighted by molar-refractivity contribution is 0.669. The smallest absolute Gasteiger partial charge is 0.159 e. The zero-order valence-electron chi connectivity index (χ0n) is 28.7. The fourth-order valence-electron chi connectivity index (χ4n) is 8.23. The van der Waals surface area contributed by atoms with Crippen LogP contribution in [0.4, 0.5) is 17.1 Å². The molecule has 0 N–H and O–H groups in total. The second kappa shape index (κ2) is 11.7. The lowest BCUT2D eigenvalue weighted by Crippen LogP contribution is -2.10. The van der Waals surface area contributed by atoms with E-state index in [2.05, 4.69) is 181 Å². The molecule has 0 atom stereocenters. The second-order valence-electron chi connectivity index (χ2n) is 13.7. The molecule has 0 aliphatic rings. The molecule has 0 aliphatic heterocycles. The van der Waals surface area contributed by atoms with Gasteiger partial charge < -0.3 is 13.7 Å². The van der Waals surface area contributed by atoms with Gasteiger partial charge in [0.15, 0.2) is 5.58 Å². The van der Waals surface area contributed by atoms with E-state index in [4.69, 9.17) is 8.83 Å². The average Bonchev–Trinajstić information content (AvgIpc) is 3.81. The Morgan fingerprint density at radius 3 is 1.74 bits per heavy atom. The van der Waals surface area contributed by atoms with E-state index in [1.807, 2.05) is 12.1 Å². The Kier molecular flexibility index (Phi) is 6.55. The van der Waals surface area contributed by atoms with E-state index in [1.165, 1.54) is 21.7 Å². The van der Waals surface area contributed by atoms with Crippen molar-refractivity contribution in [1.82, 2.24) is 0 Å². The van der Waals surface area contributed by atoms with Crippen LogP contribution in [0.25, 0.3) is 87.7 Å². The molecule has 0 fully saturated rings. The molecule has 53 heavy (non-hydrogen) atoms. The van der Waals surface area contributed by atoms with Crippen molar-refractivity contribution in [3.05, 3.63) is 188 Å². The Balaban J connectivity index is 1.14. The zero-order chi connectivity index (χ0) is 34.9. The van der Waals surface area contributed by atoms with E-state index in [0.717, 1.165) is 83.0 Å². The van der Waals surface area contributed by atoms with Crippen LogP contribution < -0.4 is 4.90 Å². The first kappa shape index (κ1) is 29.6. The van der Waals surface area contributed by atoms with Crippen LogP contribution >= 0.6 is 0 Å². The van der Waals surface area contributed by atoms with Crippen LogP contribution in [0.1, 0.15) is 0 Å². The monoisotopic (exact) mass is 677 g/mol. The van der Waals surface area contributed by atoms with Crippen molar-refractivity contribution >= 4 is 82.5 Å². The van der Waals surface area contributed by atoms with Crippen LogP contribution in [0.15, 0.2) is 197 Å². The van der Waals surface area contributed by atoms with Crippen LogP contribution in [0.3, 0.4) is 0 Å². The highest BCUT2D eigenvalue weighted by Gasteiger charge is 2.21. The average molecular weight is 678 g/mol. The molecule has 0 saturated carbocycles. The molecule has 0 spiro atoms. The Morgan fingerprint density at radius 1 is 0.340 bits per heavy atom. The minimum absolute atomic E-state index is 0.851. The first-order valence-electron chi connectivity index (χ1n) is 18.0. The lowest BCUT2D eigenvalue weighted by atomic mass is 9.97. The first-order chi connectivity index (χ1) is 26.3. The fourth-order valence-corrected chi connectivity index (χ4v) is 8.23. The summed E-state index contributed by atoms with van der Waals surface area (Å²) in [6, 6.07) is 66.7. The van der Waals surface area contributed by atoms with E-state index in [9.17, 15) is 0 Å². The van der Waals surface area contributed by atoms with Crippen LogP contribution in [-0.2, 0) is 0 Å². The van der Waals surface area contributed by atoms with Crippen LogP contribution in [0.5, 0.6) is 0 Å². The quantitative estimate of drug-likeness (QED) is 0.182. The van der Waals surface area contributed by atoms with Gasteiger partial charge in [0, 0.05) is 38.3 Å². The van der Waals surface area contributed by atoms with E-state index in [0.29, 0.717) is 0 Å². The summed E-state index contributed by atoms with van der Waals surface area (Å²) < 4.78 is 13.3. The second-order valence-corrected chi connectivity index (χ2v) is 13.7. The molecule has 0 amide bonds. The van der Waals surface area contributed by atoms with Crippen LogP contribution in [0, 0.1) is 0 Å². The van der Waals surface area contributed by atoms with E-state index in [1.54, 1.807) is 0 Å². The van der Waals surface area contributed by atoms with Gasteiger partial charge >= 0.3 is 0 Å². The molecular weight excluding hydrogens is 647 g/mol. The van der Waals surface area contributed by atoms with Gasteiger partial charge in [-0.15, -0.1) is 0 Å². The van der Waals surface area contributed by atoms with Gasteiger partial charge in [-0.3, -0.25) is 0 Å². The number of anilines is 3. The van der Waals surface area contributed by atoms with Crippen molar-refractivity contribution in [3.8, 4) is 22.3 Å². The molecule has 0 radical (unpaired) electrons. The molecule has 11 aromatic rings. The SMILES string of the molecule is c1cc(-c2cccc3ccccc23)cc(N(c2cccc(-c3cccc4oc5c6ccccc6ccc5c34)c2)c2cccc3c2oc2ccccc23)c1. The van der Waals surface area contributed by atoms with Crippen molar-refractivity contribution in [2.45, 2.75) is 0 Å². The van der Waals surface area contributed by atoms with E-state index < -0.39 is 0 Å². The number of hydrogen-bond donors (Lipinski definition) is 0. The van der Waals surface area contributed by atoms with Gasteiger partial charge in [0.1, 0.15) is 16.7 Å². The molecule has 0 saturated heterocycles. The number of furan rings is 2. The summed E-state index contributed by atoms with van der Waals surface area (Å²) >= 11 is 0. The molecule has 248 valence electrons. The summed E-state index contributed by atoms with van der Waals surface area (Å²) in [4.78, 5) is 2.34. The number of benzene rings is 9. The molecule has 3 nitrogen and oxygen atoms in total. The third-order valence-corrected chi connectivity index (χ3v) is 10.6. The van der Waals surface area contributed by atoms with Gasteiger partial charge in [0.25, 0.3) is 0 Å². The number of fused-ring (bicyclic) bond motifs is 9. The van der Waals surface area contributed by atoms with E-state index >= 15 is 0 Å². The maximum atomic E-state index is 6.67. The maximum absolute atomic E-state index is 6.67. The highest BCUT2D eigenvalue weighted by atomic mass is 16.3. The minimum Gasteiger partial charge on any atom is -0.455 e. The molecular formula is C50H31NO2. The molecule has 0 aliphatic carbocycles. The first-order valence-corrected chi connectivity index (χ1v) is 18.0. The van der Waals surface area contributed by atoms with Crippen LogP contribution in [0.2, 0.25) is 0 Å². The molecule has 2 aromatic heterocycles. The molecule has 0 unspecified atom stereocenters. The van der Waals surface area contributed by atoms with Crippen molar-refractivity contribution in [3.63, 3.8) is 0 Å². The van der Waals surface area contributed by atoms with Gasteiger partial charge in [-0.2, -0.15) is 0 Å². The van der Waals surface area contributed by atoms with Gasteiger partial charge in [0.2, 0.25) is 0 Å². The van der Waals surface area contributed by atoms with Crippen LogP contribution in [-0.4, -0.2) is 0 Å². The van der Waals surface area contributed by atoms with Gasteiger partial charge in [-0.25, -0.2) is 0 Å². The number of rotatable bonds is 5. The largest absolute Gasteiger partial charge is 0.455 e. The van der Waals surface area contributed by atoms with Crippen molar-refractivity contribution in [1.29, 1.82) is 0 Å². The Hall–Kier alpha value is -7.10. The topological polar surface area (TPSA) is 29.5 Å². The van der Waals surface area contributed by atoms with Crippen molar-refractivity contribution in [2.75, 3.05) is 4.90 Å². The summed E-state index contributed by atoms with van der Waals surface area (Å²) in [6.07, 6.45) is 0. The normalized spacial score (nSPS) is 11.8. The highest BCUT2D eigenvalue weighted by molar-refractivity contribution is 6.19. The standard InChI is InChI=1S/C50H31NO2/c1-3-19-38-32(12-1)14-9-22-39(38)34-15-7-17-36(30-34)51(45-25-10-24-43-42-21-5-6-26-46(42)52-50(43)45)37-18-8-16-35(31-37)40-23-11-27-47-48(40)44-29-28-33-13-2-4-20-41(33)49(44)53-47/h1-31H. The minimum atomic E-state index is 0.851. The summed E-state index contributed by atoms with van der Waals surface area (Å²) in [7, 11) is 0. The Labute approximate surface area is 305 Å². The third kappa shape index (κ3) is 4.68. The lowest BCUT2D eigenvalue weighted by Gasteiger charge is -2.26. The van der Waals surface area contributed by atoms with Gasteiger partial charge in [-0.05, 0) is 86.9 Å². The summed E-state index contributed by atoms with van der Waals surface area (Å²) in [5, 5.41) is 9.18. The predicted molar refractivity (Wildman–Crippen MR) is 222 cm³/mol. The van der Waals surface area contributed by atoms with Gasteiger partial charge in [-0.1, -0.05) is 140 Å². The Morgan fingerprint density at radius 2 is 0.906 bits per heavy atom. The zero-order valence-corrected chi connectivity index (χ0v) is 28.7. The number of nitrogens with zero attached hydrogens (tertiary/aromatic N) is 1. The van der Waals surface area contributed by atoms with Crippen molar-refractivity contribution < 1.29 is 8.83 Å². The summed E-state index contributed by atoms with van der Waals surface area (Å²) in [5.74, 6) is 0. The molecule has 0 bridgehead atoms. The summed E-state index contributed by atoms with van der Waals surface area (Å²) in [6.45, 7) is 0. The fraction of sp³-hybridized carbons (Fsp3) is 0. The predicted octanol–water partition coefficient (Wildman–Crippen LogP) is 14.6. The molecule has 9 aromatic carbocycles. The van der Waals surface area contributed by atoms with Crippen molar-refractivity contribution in [2.24, 2.45) is 0 Å². The van der Waals surface area contributed by atoms with Gasteiger partial charge in [0.05, 0.1) is 5.69 Å². The summed E-state index contributed by atoms with van der Waals surface area (Å²) in [5.41, 5.74) is 11.2. The highest BCUT2D eigenvalue weighted by Crippen LogP contribution is 2.45. The number of hydrogen-bond acceptors (Lipinski definition) is 3. The molecule has 3 heteroatoms. The number of para-hydroxylation sites is 2. The molecule has 2 heterocycles. The Bertz CT molecular complexity index is 3200. The third-order valence-electron chi connectivity index (χ3n) is 10.6. The molecule has 11 rings (SSSR count). The maximum Gasteiger partial charge on any atom is 0.159 e.